The van der Waals surface area contributed by atoms with Crippen molar-refractivity contribution in [1.82, 2.24) is 0 Å². The molecule has 0 radical (unpaired) electrons. The molecule has 0 N–H and O–H groups in total. The van der Waals surface area contributed by atoms with Crippen molar-refractivity contribution in [2.24, 2.45) is 0 Å². The molecule has 0 bridgehead atoms. The predicted octanol–water partition coefficient (Wildman–Crippen LogP) is 6.45. The third kappa shape index (κ3) is 5.07. The van der Waals surface area contributed by atoms with Gasteiger partial charge in [0, 0.05) is 0 Å². The Hall–Kier alpha value is -2.08. The summed E-state index contributed by atoms with van der Waals surface area (Å²) in [4.78, 5) is 0. The summed E-state index contributed by atoms with van der Waals surface area (Å²) in [6, 6.07) is 17.1. The summed E-state index contributed by atoms with van der Waals surface area (Å²) >= 11 is 0. The molecular formula is C21H26. The lowest BCUT2D eigenvalue weighted by Gasteiger charge is -2.06. The Morgan fingerprint density at radius 2 is 1.14 bits per heavy atom. The molecular weight excluding hydrogens is 252 g/mol. The van der Waals surface area contributed by atoms with E-state index in [1.54, 1.807) is 0 Å². The van der Waals surface area contributed by atoms with E-state index in [1.165, 1.54) is 27.8 Å². The van der Waals surface area contributed by atoms with E-state index in [4.69, 9.17) is 0 Å². The van der Waals surface area contributed by atoms with Gasteiger partial charge in [0.05, 0.1) is 0 Å². The average Bonchev–Trinajstić information content (AvgIpc) is 2.50. The van der Waals surface area contributed by atoms with Crippen molar-refractivity contribution in [3.8, 4) is 0 Å². The van der Waals surface area contributed by atoms with E-state index in [2.05, 4.69) is 82.0 Å². The van der Waals surface area contributed by atoms with Gasteiger partial charge in [-0.15, -0.1) is 0 Å². The normalized spacial score (nSPS) is 10.6. The number of allylic oxidation sites excluding steroid dienone is 3. The van der Waals surface area contributed by atoms with Gasteiger partial charge in [0.15, 0.2) is 0 Å². The fourth-order valence-corrected chi connectivity index (χ4v) is 2.01. The highest BCUT2D eigenvalue weighted by Gasteiger charge is 1.99. The van der Waals surface area contributed by atoms with E-state index in [0.29, 0.717) is 0 Å². The Balaban J connectivity index is 0.00000106. The molecule has 2 aromatic carbocycles. The maximum atomic E-state index is 4.16. The zero-order valence-electron chi connectivity index (χ0n) is 13.9. The SMILES string of the molecule is C=C(/C=C(\C)c1ccc(C)cc1)c1ccc(C)cc1.CC. The molecule has 0 aliphatic carbocycles. The van der Waals surface area contributed by atoms with Gasteiger partial charge in [0.25, 0.3) is 0 Å². The minimum absolute atomic E-state index is 1.05. The number of aryl methyl sites for hydroxylation is 2. The van der Waals surface area contributed by atoms with Crippen molar-refractivity contribution in [3.63, 3.8) is 0 Å². The molecule has 110 valence electrons. The monoisotopic (exact) mass is 278 g/mol. The van der Waals surface area contributed by atoms with Gasteiger partial charge in [0.2, 0.25) is 0 Å². The lowest BCUT2D eigenvalue weighted by atomic mass is 10.00. The zero-order valence-corrected chi connectivity index (χ0v) is 13.9. The van der Waals surface area contributed by atoms with Crippen LogP contribution in [0.3, 0.4) is 0 Å². The molecule has 2 aromatic rings. The van der Waals surface area contributed by atoms with Crippen LogP contribution in [0.1, 0.15) is 43.0 Å². The number of hydrogen-bond donors (Lipinski definition) is 0. The average molecular weight is 278 g/mol. The molecule has 0 aliphatic heterocycles. The number of hydrogen-bond acceptors (Lipinski definition) is 0. The van der Waals surface area contributed by atoms with E-state index in [-0.39, 0.29) is 0 Å². The van der Waals surface area contributed by atoms with Gasteiger partial charge in [0.1, 0.15) is 0 Å². The maximum Gasteiger partial charge on any atom is -0.0190 e. The van der Waals surface area contributed by atoms with Crippen LogP contribution in [-0.2, 0) is 0 Å². The third-order valence-corrected chi connectivity index (χ3v) is 3.32. The molecule has 0 fully saturated rings. The molecule has 0 saturated carbocycles. The number of benzene rings is 2. The third-order valence-electron chi connectivity index (χ3n) is 3.32. The number of rotatable bonds is 3. The molecule has 0 heterocycles. The Morgan fingerprint density at radius 1 is 0.762 bits per heavy atom. The first-order chi connectivity index (χ1) is 10.1. The Kier molecular flexibility index (Phi) is 6.68. The fraction of sp³-hybridized carbons (Fsp3) is 0.238. The van der Waals surface area contributed by atoms with Crippen molar-refractivity contribution < 1.29 is 0 Å². The highest BCUT2D eigenvalue weighted by Crippen LogP contribution is 2.21. The molecule has 0 saturated heterocycles. The van der Waals surface area contributed by atoms with Gasteiger partial charge >= 0.3 is 0 Å². The summed E-state index contributed by atoms with van der Waals surface area (Å²) in [5.74, 6) is 0. The van der Waals surface area contributed by atoms with Gasteiger partial charge in [-0.3, -0.25) is 0 Å². The Morgan fingerprint density at radius 3 is 1.57 bits per heavy atom. The maximum absolute atomic E-state index is 4.16. The summed E-state index contributed by atoms with van der Waals surface area (Å²) < 4.78 is 0. The van der Waals surface area contributed by atoms with Crippen LogP contribution >= 0.6 is 0 Å². The van der Waals surface area contributed by atoms with Gasteiger partial charge in [-0.05, 0) is 43.0 Å². The largest absolute Gasteiger partial charge is 0.0911 e. The second-order valence-electron chi connectivity index (χ2n) is 5.08. The second kappa shape index (κ2) is 8.26. The predicted molar refractivity (Wildman–Crippen MR) is 96.4 cm³/mol. The van der Waals surface area contributed by atoms with Crippen molar-refractivity contribution >= 4 is 11.1 Å². The van der Waals surface area contributed by atoms with E-state index >= 15 is 0 Å². The van der Waals surface area contributed by atoms with Crippen molar-refractivity contribution in [2.45, 2.75) is 34.6 Å². The van der Waals surface area contributed by atoms with Crippen LogP contribution in [-0.4, -0.2) is 0 Å². The second-order valence-corrected chi connectivity index (χ2v) is 5.08. The molecule has 0 atom stereocenters. The van der Waals surface area contributed by atoms with Gasteiger partial charge in [-0.2, -0.15) is 0 Å². The van der Waals surface area contributed by atoms with Crippen LogP contribution in [0.15, 0.2) is 61.2 Å². The Labute approximate surface area is 129 Å². The van der Waals surface area contributed by atoms with Crippen LogP contribution in [0.4, 0.5) is 0 Å². The first-order valence-corrected chi connectivity index (χ1v) is 7.57. The minimum Gasteiger partial charge on any atom is -0.0911 e. The Bertz CT molecular complexity index is 595. The molecule has 0 heteroatoms. The van der Waals surface area contributed by atoms with Crippen molar-refractivity contribution in [3.05, 3.63) is 83.4 Å². The summed E-state index contributed by atoms with van der Waals surface area (Å²) in [5, 5.41) is 0. The first kappa shape index (κ1) is 17.0. The minimum atomic E-state index is 1.05. The van der Waals surface area contributed by atoms with Crippen molar-refractivity contribution in [1.29, 1.82) is 0 Å². The molecule has 0 nitrogen and oxygen atoms in total. The van der Waals surface area contributed by atoms with Gasteiger partial charge in [-0.25, -0.2) is 0 Å². The molecule has 2 rings (SSSR count). The van der Waals surface area contributed by atoms with Crippen LogP contribution in [0.25, 0.3) is 11.1 Å². The van der Waals surface area contributed by atoms with Crippen LogP contribution in [0.5, 0.6) is 0 Å². The first-order valence-electron chi connectivity index (χ1n) is 7.57. The molecule has 0 spiro atoms. The van der Waals surface area contributed by atoms with Crippen LogP contribution in [0.2, 0.25) is 0 Å². The summed E-state index contributed by atoms with van der Waals surface area (Å²) in [6.07, 6.45) is 2.15. The topological polar surface area (TPSA) is 0 Å². The summed E-state index contributed by atoms with van der Waals surface area (Å²) in [7, 11) is 0. The van der Waals surface area contributed by atoms with E-state index in [9.17, 15) is 0 Å². The summed E-state index contributed by atoms with van der Waals surface area (Å²) in [5.41, 5.74) is 7.28. The van der Waals surface area contributed by atoms with Crippen LogP contribution < -0.4 is 0 Å². The van der Waals surface area contributed by atoms with Crippen LogP contribution in [0, 0.1) is 13.8 Å². The zero-order chi connectivity index (χ0) is 15.8. The lowest BCUT2D eigenvalue weighted by molar-refractivity contribution is 1.44. The molecule has 0 amide bonds. The highest BCUT2D eigenvalue weighted by molar-refractivity contribution is 5.82. The summed E-state index contributed by atoms with van der Waals surface area (Å²) in [6.45, 7) is 14.5. The quantitative estimate of drug-likeness (QED) is 0.566. The van der Waals surface area contributed by atoms with Gasteiger partial charge < -0.3 is 0 Å². The van der Waals surface area contributed by atoms with E-state index < -0.39 is 0 Å². The van der Waals surface area contributed by atoms with E-state index in [0.717, 1.165) is 5.57 Å². The molecule has 0 unspecified atom stereocenters. The highest BCUT2D eigenvalue weighted by atomic mass is 14.0. The lowest BCUT2D eigenvalue weighted by Crippen LogP contribution is -1.84. The molecule has 0 aliphatic rings. The van der Waals surface area contributed by atoms with Gasteiger partial charge in [-0.1, -0.05) is 86.2 Å². The molecule has 0 aromatic heterocycles. The van der Waals surface area contributed by atoms with Crippen molar-refractivity contribution in [2.75, 3.05) is 0 Å². The van der Waals surface area contributed by atoms with E-state index in [1.807, 2.05) is 13.8 Å². The standard InChI is InChI=1S/C19H20.C2H6/c1-14-5-9-18(10-6-14)16(3)13-17(4)19-11-7-15(2)8-12-19;1-2/h5-13H,3H2,1-2,4H3;1-2H3/b17-13+;. The fourth-order valence-electron chi connectivity index (χ4n) is 2.01. The smallest absolute Gasteiger partial charge is 0.0190 e. The molecule has 21 heavy (non-hydrogen) atoms.